The van der Waals surface area contributed by atoms with Crippen LogP contribution >= 0.6 is 11.6 Å². The van der Waals surface area contributed by atoms with Crippen LogP contribution in [0.2, 0.25) is 5.28 Å². The molecule has 5 nitrogen and oxygen atoms in total. The number of nitrogens with one attached hydrogen (secondary N) is 2. The Kier molecular flexibility index (Phi) is 5.63. The molecule has 1 aromatic rings. The standard InChI is InChI=1S/C13H22ClN5/c1-2-15-12-17-11(14)18-13(19-12)16-9-5-8-10-6-3-4-7-10/h10H,2-9H2,1H3,(H2,15,16,17,18,19). The lowest BCUT2D eigenvalue weighted by molar-refractivity contribution is 0.491. The largest absolute Gasteiger partial charge is 0.354 e. The first-order valence-electron chi connectivity index (χ1n) is 7.17. The van der Waals surface area contributed by atoms with Crippen molar-refractivity contribution in [2.75, 3.05) is 23.7 Å². The Hall–Kier alpha value is -1.10. The van der Waals surface area contributed by atoms with Gasteiger partial charge in [0.15, 0.2) is 0 Å². The summed E-state index contributed by atoms with van der Waals surface area (Å²) in [6.45, 7) is 3.65. The van der Waals surface area contributed by atoms with E-state index in [-0.39, 0.29) is 5.28 Å². The third-order valence-electron chi connectivity index (χ3n) is 3.49. The number of hydrogen-bond acceptors (Lipinski definition) is 5. The molecule has 1 heterocycles. The Labute approximate surface area is 119 Å². The third kappa shape index (κ3) is 4.82. The molecule has 0 bridgehead atoms. The maximum absolute atomic E-state index is 5.86. The highest BCUT2D eigenvalue weighted by molar-refractivity contribution is 6.28. The van der Waals surface area contributed by atoms with Gasteiger partial charge in [-0.05, 0) is 37.3 Å². The highest BCUT2D eigenvalue weighted by atomic mass is 35.5. The van der Waals surface area contributed by atoms with Gasteiger partial charge in [-0.15, -0.1) is 0 Å². The SMILES string of the molecule is CCNc1nc(Cl)nc(NCCCC2CCCC2)n1. The summed E-state index contributed by atoms with van der Waals surface area (Å²) in [5.74, 6) is 2.02. The van der Waals surface area contributed by atoms with Crippen molar-refractivity contribution in [3.8, 4) is 0 Å². The van der Waals surface area contributed by atoms with Gasteiger partial charge in [0, 0.05) is 13.1 Å². The minimum Gasteiger partial charge on any atom is -0.354 e. The fraction of sp³-hybridized carbons (Fsp3) is 0.769. The van der Waals surface area contributed by atoms with Gasteiger partial charge in [0.2, 0.25) is 17.2 Å². The topological polar surface area (TPSA) is 62.7 Å². The highest BCUT2D eigenvalue weighted by Gasteiger charge is 2.14. The number of rotatable bonds is 7. The second-order valence-electron chi connectivity index (χ2n) is 5.00. The van der Waals surface area contributed by atoms with Crippen LogP contribution in [0.15, 0.2) is 0 Å². The van der Waals surface area contributed by atoms with Crippen LogP contribution in [0, 0.1) is 5.92 Å². The van der Waals surface area contributed by atoms with Crippen molar-refractivity contribution in [3.63, 3.8) is 0 Å². The minimum absolute atomic E-state index is 0.226. The molecular weight excluding hydrogens is 262 g/mol. The van der Waals surface area contributed by atoms with E-state index >= 15 is 0 Å². The molecule has 1 saturated carbocycles. The van der Waals surface area contributed by atoms with Crippen molar-refractivity contribution in [1.29, 1.82) is 0 Å². The summed E-state index contributed by atoms with van der Waals surface area (Å²) in [7, 11) is 0. The fourth-order valence-electron chi connectivity index (χ4n) is 2.56. The number of anilines is 2. The van der Waals surface area contributed by atoms with Gasteiger partial charge in [0.25, 0.3) is 0 Å². The molecule has 1 aliphatic carbocycles. The van der Waals surface area contributed by atoms with E-state index in [1.807, 2.05) is 6.92 Å². The van der Waals surface area contributed by atoms with Crippen molar-refractivity contribution in [3.05, 3.63) is 5.28 Å². The lowest BCUT2D eigenvalue weighted by Gasteiger charge is -2.10. The van der Waals surface area contributed by atoms with Gasteiger partial charge < -0.3 is 10.6 Å². The van der Waals surface area contributed by atoms with Crippen molar-refractivity contribution in [2.45, 2.75) is 45.4 Å². The van der Waals surface area contributed by atoms with Gasteiger partial charge in [-0.25, -0.2) is 0 Å². The molecule has 0 atom stereocenters. The molecule has 19 heavy (non-hydrogen) atoms. The highest BCUT2D eigenvalue weighted by Crippen LogP contribution is 2.28. The van der Waals surface area contributed by atoms with E-state index < -0.39 is 0 Å². The molecule has 6 heteroatoms. The Morgan fingerprint density at radius 2 is 1.79 bits per heavy atom. The van der Waals surface area contributed by atoms with Crippen molar-refractivity contribution in [1.82, 2.24) is 15.0 Å². The molecule has 0 aromatic carbocycles. The molecule has 1 aliphatic rings. The normalized spacial score (nSPS) is 15.7. The molecular formula is C13H22ClN5. The number of aromatic nitrogens is 3. The summed E-state index contributed by atoms with van der Waals surface area (Å²) >= 11 is 5.86. The molecule has 0 radical (unpaired) electrons. The monoisotopic (exact) mass is 283 g/mol. The predicted octanol–water partition coefficient (Wildman–Crippen LogP) is 3.34. The van der Waals surface area contributed by atoms with E-state index in [4.69, 9.17) is 11.6 Å². The lowest BCUT2D eigenvalue weighted by Crippen LogP contribution is -2.10. The van der Waals surface area contributed by atoms with E-state index in [9.17, 15) is 0 Å². The summed E-state index contributed by atoms with van der Waals surface area (Å²) in [6, 6.07) is 0. The Morgan fingerprint density at radius 1 is 1.11 bits per heavy atom. The summed E-state index contributed by atoms with van der Waals surface area (Å²) < 4.78 is 0. The first kappa shape index (κ1) is 14.3. The molecule has 1 fully saturated rings. The number of halogens is 1. The average molecular weight is 284 g/mol. The fourth-order valence-corrected chi connectivity index (χ4v) is 2.72. The van der Waals surface area contributed by atoms with Crippen molar-refractivity contribution >= 4 is 23.5 Å². The molecule has 1 aromatic heterocycles. The maximum atomic E-state index is 5.86. The Balaban J connectivity index is 1.75. The van der Waals surface area contributed by atoms with Crippen LogP contribution in [-0.4, -0.2) is 28.0 Å². The van der Waals surface area contributed by atoms with E-state index in [0.717, 1.165) is 25.4 Å². The molecule has 0 amide bonds. The van der Waals surface area contributed by atoms with Crippen molar-refractivity contribution in [2.24, 2.45) is 5.92 Å². The third-order valence-corrected chi connectivity index (χ3v) is 3.66. The van der Waals surface area contributed by atoms with Crippen LogP contribution in [-0.2, 0) is 0 Å². The van der Waals surface area contributed by atoms with E-state index in [1.54, 1.807) is 0 Å². The summed E-state index contributed by atoms with van der Waals surface area (Å²) in [4.78, 5) is 12.3. The minimum atomic E-state index is 0.226. The molecule has 0 spiro atoms. The van der Waals surface area contributed by atoms with Crippen LogP contribution in [0.1, 0.15) is 45.4 Å². The first-order valence-corrected chi connectivity index (χ1v) is 7.55. The molecule has 2 rings (SSSR count). The zero-order valence-corrected chi connectivity index (χ0v) is 12.2. The smallest absolute Gasteiger partial charge is 0.228 e. The number of nitrogens with zero attached hydrogens (tertiary/aromatic N) is 3. The van der Waals surface area contributed by atoms with Crippen LogP contribution in [0.3, 0.4) is 0 Å². The van der Waals surface area contributed by atoms with Gasteiger partial charge in [0.05, 0.1) is 0 Å². The van der Waals surface area contributed by atoms with Gasteiger partial charge in [-0.3, -0.25) is 0 Å². The first-order chi connectivity index (χ1) is 9.28. The lowest BCUT2D eigenvalue weighted by atomic mass is 10.0. The number of hydrogen-bond donors (Lipinski definition) is 2. The van der Waals surface area contributed by atoms with Crippen LogP contribution in [0.5, 0.6) is 0 Å². The van der Waals surface area contributed by atoms with E-state index in [0.29, 0.717) is 11.9 Å². The molecule has 2 N–H and O–H groups in total. The van der Waals surface area contributed by atoms with Crippen LogP contribution in [0.4, 0.5) is 11.9 Å². The van der Waals surface area contributed by atoms with Gasteiger partial charge >= 0.3 is 0 Å². The molecule has 0 aliphatic heterocycles. The van der Waals surface area contributed by atoms with Gasteiger partial charge in [0.1, 0.15) is 0 Å². The van der Waals surface area contributed by atoms with Crippen LogP contribution < -0.4 is 10.6 Å². The summed E-state index contributed by atoms with van der Waals surface area (Å²) in [5, 5.41) is 6.48. The zero-order chi connectivity index (χ0) is 13.5. The summed E-state index contributed by atoms with van der Waals surface area (Å²) in [5.41, 5.74) is 0. The Morgan fingerprint density at radius 3 is 2.47 bits per heavy atom. The second kappa shape index (κ2) is 7.48. The molecule has 106 valence electrons. The van der Waals surface area contributed by atoms with Gasteiger partial charge in [-0.2, -0.15) is 15.0 Å². The Bertz CT molecular complexity index is 393. The van der Waals surface area contributed by atoms with Crippen molar-refractivity contribution < 1.29 is 0 Å². The quantitative estimate of drug-likeness (QED) is 0.752. The zero-order valence-electron chi connectivity index (χ0n) is 11.5. The van der Waals surface area contributed by atoms with Crippen LogP contribution in [0.25, 0.3) is 0 Å². The second-order valence-corrected chi connectivity index (χ2v) is 5.34. The van der Waals surface area contributed by atoms with E-state index in [1.165, 1.54) is 32.1 Å². The summed E-state index contributed by atoms with van der Waals surface area (Å²) in [6.07, 6.45) is 8.08. The maximum Gasteiger partial charge on any atom is 0.228 e. The predicted molar refractivity (Wildman–Crippen MR) is 78.7 cm³/mol. The van der Waals surface area contributed by atoms with E-state index in [2.05, 4.69) is 25.6 Å². The molecule has 0 unspecified atom stereocenters. The molecule has 0 saturated heterocycles. The average Bonchev–Trinajstić information content (AvgIpc) is 2.87. The van der Waals surface area contributed by atoms with Gasteiger partial charge in [-0.1, -0.05) is 25.7 Å².